The summed E-state index contributed by atoms with van der Waals surface area (Å²) in [6.45, 7) is 0. The number of thiazole rings is 1. The van der Waals surface area contributed by atoms with E-state index >= 15 is 0 Å². The number of para-hydroxylation sites is 2. The van der Waals surface area contributed by atoms with Gasteiger partial charge in [0.25, 0.3) is 0 Å². The lowest BCUT2D eigenvalue weighted by molar-refractivity contribution is 0.0964. The molecule has 1 unspecified atom stereocenters. The Morgan fingerprint density at radius 2 is 1.59 bits per heavy atom. The highest BCUT2D eigenvalue weighted by molar-refractivity contribution is 7.20. The molecular formula is C26H20N4OS. The maximum Gasteiger partial charge on any atom is 0.211 e. The molecule has 0 radical (unpaired) electrons. The molecule has 2 heterocycles. The molecule has 5 nitrogen and oxygen atoms in total. The van der Waals surface area contributed by atoms with Gasteiger partial charge in [0.05, 0.1) is 21.5 Å². The van der Waals surface area contributed by atoms with Crippen molar-refractivity contribution in [3.63, 3.8) is 0 Å². The average Bonchev–Trinajstić information content (AvgIpc) is 3.42. The van der Waals surface area contributed by atoms with Gasteiger partial charge in [-0.15, -0.1) is 5.10 Å². The fraction of sp³-hybridized carbons (Fsp3) is 0.115. The Morgan fingerprint density at radius 3 is 2.38 bits per heavy atom. The van der Waals surface area contributed by atoms with Gasteiger partial charge in [0.1, 0.15) is 0 Å². The van der Waals surface area contributed by atoms with Gasteiger partial charge in [-0.3, -0.25) is 4.79 Å². The van der Waals surface area contributed by atoms with E-state index in [-0.39, 0.29) is 11.7 Å². The molecule has 6 rings (SSSR count). The Bertz CT molecular complexity index is 1390. The number of benzene rings is 3. The van der Waals surface area contributed by atoms with Crippen molar-refractivity contribution in [3.8, 4) is 5.13 Å². The molecule has 2 aromatic heterocycles. The van der Waals surface area contributed by atoms with Gasteiger partial charge in [-0.25, -0.2) is 9.67 Å². The number of carbonyl (C=O) groups is 1. The fourth-order valence-electron chi connectivity index (χ4n) is 4.38. The molecule has 1 atom stereocenters. The van der Waals surface area contributed by atoms with Crippen LogP contribution in [0.2, 0.25) is 0 Å². The van der Waals surface area contributed by atoms with E-state index in [1.807, 2.05) is 71.4 Å². The summed E-state index contributed by atoms with van der Waals surface area (Å²) in [5, 5.41) is 9.01. The van der Waals surface area contributed by atoms with Crippen LogP contribution in [0.3, 0.4) is 0 Å². The van der Waals surface area contributed by atoms with Gasteiger partial charge in [0.15, 0.2) is 11.6 Å². The molecular weight excluding hydrogens is 416 g/mol. The normalized spacial score (nSPS) is 15.6. The molecule has 0 saturated heterocycles. The predicted molar refractivity (Wildman–Crippen MR) is 128 cm³/mol. The van der Waals surface area contributed by atoms with Crippen LogP contribution in [0.25, 0.3) is 15.3 Å². The van der Waals surface area contributed by atoms with Crippen molar-refractivity contribution in [2.24, 2.45) is 0 Å². The number of aromatic nitrogens is 3. The number of hydrogen-bond donors (Lipinski definition) is 1. The van der Waals surface area contributed by atoms with Crippen LogP contribution >= 0.6 is 11.3 Å². The number of ketones is 1. The third-order valence-corrected chi connectivity index (χ3v) is 6.91. The first kappa shape index (κ1) is 19.0. The number of hydrogen-bond acceptors (Lipinski definition) is 5. The number of rotatable bonds is 4. The Hall–Kier alpha value is -3.77. The summed E-state index contributed by atoms with van der Waals surface area (Å²) in [6, 6.07) is 28.2. The molecule has 0 saturated carbocycles. The van der Waals surface area contributed by atoms with E-state index in [1.54, 1.807) is 11.3 Å². The zero-order chi connectivity index (χ0) is 21.5. The number of anilines is 2. The van der Waals surface area contributed by atoms with Gasteiger partial charge in [0, 0.05) is 12.1 Å². The Kier molecular flexibility index (Phi) is 4.58. The van der Waals surface area contributed by atoms with Crippen LogP contribution in [0.15, 0.2) is 84.9 Å². The molecule has 0 amide bonds. The molecule has 0 aliphatic heterocycles. The molecule has 0 spiro atoms. The first-order valence-electron chi connectivity index (χ1n) is 10.6. The van der Waals surface area contributed by atoms with Crippen molar-refractivity contribution in [2.75, 3.05) is 5.32 Å². The molecule has 1 aliphatic carbocycles. The van der Waals surface area contributed by atoms with Gasteiger partial charge >= 0.3 is 0 Å². The van der Waals surface area contributed by atoms with E-state index in [0.29, 0.717) is 17.8 Å². The van der Waals surface area contributed by atoms with Crippen LogP contribution in [-0.4, -0.2) is 20.5 Å². The topological polar surface area (TPSA) is 59.8 Å². The standard InChI is InChI=1S/C26H20N4OS/c31-22-16-18(17-9-3-1-4-10-17)15-21-24(22)25(27-19-11-5-2-6-12-19)29-30(21)26-28-20-13-7-8-14-23(20)32-26/h1-14,18H,15-16H2,(H,27,29). The molecule has 5 aromatic rings. The second kappa shape index (κ2) is 7.73. The zero-order valence-electron chi connectivity index (χ0n) is 17.2. The van der Waals surface area contributed by atoms with Crippen LogP contribution in [0.5, 0.6) is 0 Å². The van der Waals surface area contributed by atoms with Gasteiger partial charge in [0.2, 0.25) is 5.13 Å². The van der Waals surface area contributed by atoms with Crippen LogP contribution in [0, 0.1) is 0 Å². The van der Waals surface area contributed by atoms with E-state index in [9.17, 15) is 4.79 Å². The van der Waals surface area contributed by atoms with E-state index in [0.717, 1.165) is 33.2 Å². The molecule has 1 N–H and O–H groups in total. The third-order valence-electron chi connectivity index (χ3n) is 5.90. The van der Waals surface area contributed by atoms with Crippen molar-refractivity contribution in [2.45, 2.75) is 18.8 Å². The summed E-state index contributed by atoms with van der Waals surface area (Å²) < 4.78 is 2.98. The lowest BCUT2D eigenvalue weighted by Crippen LogP contribution is -2.20. The summed E-state index contributed by atoms with van der Waals surface area (Å²) >= 11 is 1.59. The third kappa shape index (κ3) is 3.29. The van der Waals surface area contributed by atoms with E-state index in [2.05, 4.69) is 23.5 Å². The summed E-state index contributed by atoms with van der Waals surface area (Å²) in [6.07, 6.45) is 1.22. The molecule has 0 fully saturated rings. The lowest BCUT2D eigenvalue weighted by Gasteiger charge is -2.22. The molecule has 6 heteroatoms. The minimum Gasteiger partial charge on any atom is -0.338 e. The Labute approximate surface area is 189 Å². The number of carbonyl (C=O) groups excluding carboxylic acids is 1. The van der Waals surface area contributed by atoms with Crippen LogP contribution in [-0.2, 0) is 6.42 Å². The number of fused-ring (bicyclic) bond motifs is 2. The van der Waals surface area contributed by atoms with Gasteiger partial charge in [-0.05, 0) is 42.2 Å². The summed E-state index contributed by atoms with van der Waals surface area (Å²) in [5.41, 5.74) is 4.63. The smallest absolute Gasteiger partial charge is 0.211 e. The van der Waals surface area contributed by atoms with Crippen LogP contribution in [0.4, 0.5) is 11.5 Å². The number of nitrogens with one attached hydrogen (secondary N) is 1. The molecule has 32 heavy (non-hydrogen) atoms. The first-order valence-corrected chi connectivity index (χ1v) is 11.5. The monoisotopic (exact) mass is 436 g/mol. The molecule has 3 aromatic carbocycles. The van der Waals surface area contributed by atoms with Crippen molar-refractivity contribution >= 4 is 38.8 Å². The zero-order valence-corrected chi connectivity index (χ0v) is 18.0. The number of Topliss-reactive ketones (excluding diaryl/α,β-unsaturated/α-hetero) is 1. The van der Waals surface area contributed by atoms with E-state index in [1.165, 1.54) is 5.56 Å². The second-order valence-electron chi connectivity index (χ2n) is 7.98. The van der Waals surface area contributed by atoms with E-state index in [4.69, 9.17) is 10.1 Å². The van der Waals surface area contributed by atoms with Gasteiger partial charge < -0.3 is 5.32 Å². The number of nitrogens with zero attached hydrogens (tertiary/aromatic N) is 3. The SMILES string of the molecule is O=C1CC(c2ccccc2)Cc2c1c(Nc1ccccc1)nn2-c1nc2ccccc2s1. The highest BCUT2D eigenvalue weighted by Gasteiger charge is 2.34. The van der Waals surface area contributed by atoms with Crippen molar-refractivity contribution in [3.05, 3.63) is 102 Å². The van der Waals surface area contributed by atoms with E-state index < -0.39 is 0 Å². The Morgan fingerprint density at radius 1 is 0.875 bits per heavy atom. The molecule has 156 valence electrons. The quantitative estimate of drug-likeness (QED) is 0.368. The van der Waals surface area contributed by atoms with Crippen molar-refractivity contribution < 1.29 is 4.79 Å². The average molecular weight is 437 g/mol. The maximum atomic E-state index is 13.4. The summed E-state index contributed by atoms with van der Waals surface area (Å²) in [7, 11) is 0. The first-order chi connectivity index (χ1) is 15.8. The van der Waals surface area contributed by atoms with Crippen molar-refractivity contribution in [1.82, 2.24) is 14.8 Å². The molecule has 1 aliphatic rings. The predicted octanol–water partition coefficient (Wildman–Crippen LogP) is 6.14. The highest BCUT2D eigenvalue weighted by atomic mass is 32.1. The largest absolute Gasteiger partial charge is 0.338 e. The maximum absolute atomic E-state index is 13.4. The van der Waals surface area contributed by atoms with Gasteiger partial charge in [-0.2, -0.15) is 0 Å². The summed E-state index contributed by atoms with van der Waals surface area (Å²) in [4.78, 5) is 18.2. The van der Waals surface area contributed by atoms with Crippen LogP contribution in [0.1, 0.15) is 34.0 Å². The fourth-order valence-corrected chi connectivity index (χ4v) is 5.32. The van der Waals surface area contributed by atoms with Crippen molar-refractivity contribution in [1.29, 1.82) is 0 Å². The van der Waals surface area contributed by atoms with Gasteiger partial charge in [-0.1, -0.05) is 72.0 Å². The molecule has 0 bridgehead atoms. The lowest BCUT2D eigenvalue weighted by atomic mass is 9.82. The minimum atomic E-state index is 0.117. The second-order valence-corrected chi connectivity index (χ2v) is 8.99. The van der Waals surface area contributed by atoms with Crippen LogP contribution < -0.4 is 5.32 Å². The Balaban J connectivity index is 1.49. The minimum absolute atomic E-state index is 0.117. The summed E-state index contributed by atoms with van der Waals surface area (Å²) in [5.74, 6) is 0.846. The highest BCUT2D eigenvalue weighted by Crippen LogP contribution is 2.39.